The minimum absolute atomic E-state index is 0.0445. The molecule has 1 rings (SSSR count). The summed E-state index contributed by atoms with van der Waals surface area (Å²) in [6.45, 7) is 3.40. The molecule has 0 heterocycles. The van der Waals surface area contributed by atoms with Crippen molar-refractivity contribution in [2.24, 2.45) is 0 Å². The van der Waals surface area contributed by atoms with E-state index in [0.29, 0.717) is 5.75 Å². The number of hydrogen-bond acceptors (Lipinski definition) is 5. The molecule has 1 atom stereocenters. The number of methoxy groups -OCH3 is 1. The van der Waals surface area contributed by atoms with Gasteiger partial charge in [-0.1, -0.05) is 0 Å². The summed E-state index contributed by atoms with van der Waals surface area (Å²) in [7, 11) is 1.45. The topological polar surface area (TPSA) is 82.1 Å². The summed E-state index contributed by atoms with van der Waals surface area (Å²) in [5, 5.41) is 9.05. The maximum absolute atomic E-state index is 11.5. The molecule has 0 aliphatic carbocycles. The largest absolute Gasteiger partial charge is 0.497 e. The summed E-state index contributed by atoms with van der Waals surface area (Å²) in [5.74, 6) is -1.20. The van der Waals surface area contributed by atoms with Crippen molar-refractivity contribution in [2.75, 3.05) is 13.7 Å². The van der Waals surface area contributed by atoms with Crippen molar-refractivity contribution in [3.8, 4) is 11.5 Å². The molecule has 0 aromatic heterocycles. The van der Waals surface area contributed by atoms with Gasteiger partial charge >= 0.3 is 11.9 Å². The quantitative estimate of drug-likeness (QED) is 0.791. The highest BCUT2D eigenvalue weighted by molar-refractivity contribution is 5.91. The van der Waals surface area contributed by atoms with E-state index in [1.54, 1.807) is 6.92 Å². The Hall–Kier alpha value is -2.24. The first kappa shape index (κ1) is 14.8. The average molecular weight is 268 g/mol. The van der Waals surface area contributed by atoms with Gasteiger partial charge in [0.1, 0.15) is 17.1 Å². The lowest BCUT2D eigenvalue weighted by atomic mass is 10.2. The minimum Gasteiger partial charge on any atom is -0.497 e. The number of aromatic carboxylic acids is 1. The van der Waals surface area contributed by atoms with E-state index in [9.17, 15) is 9.59 Å². The highest BCUT2D eigenvalue weighted by Crippen LogP contribution is 2.26. The predicted molar refractivity (Wildman–Crippen MR) is 66.7 cm³/mol. The Labute approximate surface area is 110 Å². The molecule has 1 N–H and O–H groups in total. The molecule has 0 bridgehead atoms. The SMILES string of the molecule is CCOC(=O)C(C)Oc1cc(OC)ccc1C(=O)O. The molecule has 1 aromatic rings. The fraction of sp³-hybridized carbons (Fsp3) is 0.385. The van der Waals surface area contributed by atoms with Crippen molar-refractivity contribution >= 4 is 11.9 Å². The van der Waals surface area contributed by atoms with E-state index in [1.165, 1.54) is 32.2 Å². The number of carboxylic acids is 1. The van der Waals surface area contributed by atoms with Crippen molar-refractivity contribution in [3.05, 3.63) is 23.8 Å². The summed E-state index contributed by atoms with van der Waals surface area (Å²) in [6, 6.07) is 4.28. The Kier molecular flexibility index (Phi) is 5.17. The Balaban J connectivity index is 2.97. The molecule has 0 amide bonds. The second kappa shape index (κ2) is 6.63. The van der Waals surface area contributed by atoms with Crippen LogP contribution in [0.1, 0.15) is 24.2 Å². The van der Waals surface area contributed by atoms with Crippen LogP contribution in [0.5, 0.6) is 11.5 Å². The van der Waals surface area contributed by atoms with Crippen LogP contribution in [-0.2, 0) is 9.53 Å². The Morgan fingerprint density at radius 3 is 2.58 bits per heavy atom. The number of carboxylic acid groups (broad SMARTS) is 1. The smallest absolute Gasteiger partial charge is 0.347 e. The second-order valence-electron chi connectivity index (χ2n) is 3.68. The van der Waals surface area contributed by atoms with Gasteiger partial charge in [-0.3, -0.25) is 0 Å². The molecule has 1 aromatic carbocycles. The van der Waals surface area contributed by atoms with Gasteiger partial charge in [-0.25, -0.2) is 9.59 Å². The van der Waals surface area contributed by atoms with Gasteiger partial charge in [0.15, 0.2) is 6.10 Å². The molecular formula is C13H16O6. The summed E-state index contributed by atoms with van der Waals surface area (Å²) in [4.78, 5) is 22.5. The third-order valence-corrected chi connectivity index (χ3v) is 2.34. The molecule has 104 valence electrons. The molecular weight excluding hydrogens is 252 g/mol. The molecule has 0 aliphatic rings. The van der Waals surface area contributed by atoms with Crippen LogP contribution in [0.2, 0.25) is 0 Å². The van der Waals surface area contributed by atoms with Crippen LogP contribution in [-0.4, -0.2) is 36.9 Å². The maximum atomic E-state index is 11.5. The van der Waals surface area contributed by atoms with Gasteiger partial charge in [0.05, 0.1) is 13.7 Å². The highest BCUT2D eigenvalue weighted by atomic mass is 16.6. The van der Waals surface area contributed by atoms with Crippen LogP contribution in [0, 0.1) is 0 Å². The second-order valence-corrected chi connectivity index (χ2v) is 3.68. The normalized spacial score (nSPS) is 11.5. The fourth-order valence-electron chi connectivity index (χ4n) is 1.40. The van der Waals surface area contributed by atoms with E-state index in [1.807, 2.05) is 0 Å². The third-order valence-electron chi connectivity index (χ3n) is 2.34. The monoisotopic (exact) mass is 268 g/mol. The van der Waals surface area contributed by atoms with E-state index in [-0.39, 0.29) is 17.9 Å². The van der Waals surface area contributed by atoms with E-state index in [0.717, 1.165) is 0 Å². The maximum Gasteiger partial charge on any atom is 0.347 e. The van der Waals surface area contributed by atoms with Gasteiger partial charge in [-0.2, -0.15) is 0 Å². The van der Waals surface area contributed by atoms with E-state index in [4.69, 9.17) is 19.3 Å². The number of benzene rings is 1. The van der Waals surface area contributed by atoms with Crippen molar-refractivity contribution < 1.29 is 28.9 Å². The summed E-state index contributed by atoms with van der Waals surface area (Å²) in [6.07, 6.45) is -0.898. The van der Waals surface area contributed by atoms with E-state index < -0.39 is 18.0 Å². The van der Waals surface area contributed by atoms with E-state index in [2.05, 4.69) is 0 Å². The average Bonchev–Trinajstić information content (AvgIpc) is 2.38. The Morgan fingerprint density at radius 1 is 1.37 bits per heavy atom. The predicted octanol–water partition coefficient (Wildman–Crippen LogP) is 1.72. The first-order valence-electron chi connectivity index (χ1n) is 5.74. The van der Waals surface area contributed by atoms with Gasteiger partial charge < -0.3 is 19.3 Å². The molecule has 0 aliphatic heterocycles. The molecule has 0 fully saturated rings. The number of hydrogen-bond donors (Lipinski definition) is 1. The van der Waals surface area contributed by atoms with Crippen molar-refractivity contribution in [1.29, 1.82) is 0 Å². The lowest BCUT2D eigenvalue weighted by Gasteiger charge is -2.15. The van der Waals surface area contributed by atoms with Gasteiger partial charge in [0, 0.05) is 6.07 Å². The molecule has 0 spiro atoms. The van der Waals surface area contributed by atoms with Crippen LogP contribution in [0.4, 0.5) is 0 Å². The molecule has 0 saturated heterocycles. The van der Waals surface area contributed by atoms with Crippen LogP contribution in [0.25, 0.3) is 0 Å². The Bertz CT molecular complexity index is 468. The molecule has 1 unspecified atom stereocenters. The summed E-state index contributed by atoms with van der Waals surface area (Å²) < 4.78 is 15.1. The number of carbonyl (C=O) groups excluding carboxylic acids is 1. The molecule has 19 heavy (non-hydrogen) atoms. The standard InChI is InChI=1S/C13H16O6/c1-4-18-13(16)8(2)19-11-7-9(17-3)5-6-10(11)12(14)15/h5-8H,4H2,1-3H3,(H,14,15). The number of carbonyl (C=O) groups is 2. The van der Waals surface area contributed by atoms with Crippen LogP contribution in [0.3, 0.4) is 0 Å². The molecule has 0 radical (unpaired) electrons. The van der Waals surface area contributed by atoms with Crippen LogP contribution < -0.4 is 9.47 Å². The third kappa shape index (κ3) is 3.87. The summed E-state index contributed by atoms with van der Waals surface area (Å²) in [5.41, 5.74) is -0.0445. The summed E-state index contributed by atoms with van der Waals surface area (Å²) >= 11 is 0. The van der Waals surface area contributed by atoms with Crippen molar-refractivity contribution in [3.63, 3.8) is 0 Å². The van der Waals surface area contributed by atoms with Gasteiger partial charge in [0.25, 0.3) is 0 Å². The highest BCUT2D eigenvalue weighted by Gasteiger charge is 2.20. The minimum atomic E-state index is -1.14. The van der Waals surface area contributed by atoms with Crippen LogP contribution >= 0.6 is 0 Å². The van der Waals surface area contributed by atoms with Gasteiger partial charge in [-0.05, 0) is 26.0 Å². The van der Waals surface area contributed by atoms with Gasteiger partial charge in [-0.15, -0.1) is 0 Å². The zero-order valence-corrected chi connectivity index (χ0v) is 11.0. The lowest BCUT2D eigenvalue weighted by molar-refractivity contribution is -0.150. The van der Waals surface area contributed by atoms with Crippen molar-refractivity contribution in [2.45, 2.75) is 20.0 Å². The van der Waals surface area contributed by atoms with Gasteiger partial charge in [0.2, 0.25) is 0 Å². The Morgan fingerprint density at radius 2 is 2.05 bits per heavy atom. The number of ether oxygens (including phenoxy) is 3. The molecule has 6 nitrogen and oxygen atoms in total. The molecule has 0 saturated carbocycles. The van der Waals surface area contributed by atoms with Crippen molar-refractivity contribution in [1.82, 2.24) is 0 Å². The lowest BCUT2D eigenvalue weighted by Crippen LogP contribution is -2.26. The van der Waals surface area contributed by atoms with Crippen LogP contribution in [0.15, 0.2) is 18.2 Å². The number of rotatable bonds is 6. The van der Waals surface area contributed by atoms with E-state index >= 15 is 0 Å². The first-order chi connectivity index (χ1) is 8.99. The molecule has 6 heteroatoms. The zero-order valence-electron chi connectivity index (χ0n) is 11.0. The first-order valence-corrected chi connectivity index (χ1v) is 5.74. The fourth-order valence-corrected chi connectivity index (χ4v) is 1.40. The zero-order chi connectivity index (χ0) is 14.4. The number of esters is 1.